The first-order valence-corrected chi connectivity index (χ1v) is 34.7. The molecule has 3 unspecified atom stereocenters. The zero-order valence-corrected chi connectivity index (χ0v) is 55.7. The number of benzene rings is 1. The van der Waals surface area contributed by atoms with E-state index in [4.69, 9.17) is 73.2 Å². The number of esters is 1. The van der Waals surface area contributed by atoms with Gasteiger partial charge in [-0.15, -0.1) is 0 Å². The van der Waals surface area contributed by atoms with E-state index in [1.54, 1.807) is 10.6 Å². The molecule has 508 valence electrons. The van der Waals surface area contributed by atoms with Crippen LogP contribution in [-0.2, 0) is 95.6 Å². The van der Waals surface area contributed by atoms with Crippen molar-refractivity contribution in [3.05, 3.63) is 67.3 Å². The monoisotopic (exact) mass is 1300 g/mol. The number of fused-ring (bicyclic) bond motifs is 5. The molecule has 1 aromatic carbocycles. The fourth-order valence-electron chi connectivity index (χ4n) is 9.63. The Morgan fingerprint density at radius 3 is 2.00 bits per heavy atom. The molecule has 3 atom stereocenters. The highest BCUT2D eigenvalue weighted by molar-refractivity contribution is 6.74. The standard InChI is InChI=1S/C64H99N7O19Si/c1-10-50-51-38-49(90-91(8,9)64(5,6)7)17-18-55(51)68-58-53(50)40-71-57(58)39-52-54(61(71)75)43-87-62(76)59(52)89-63(77)88-44-56(45(3)4)69-60(74)46(15-12-13-19-66-11-2)37-48(73)42-86-41-47(72)16-14-21-78-23-25-80-27-29-82-31-33-84-35-36-85-34-32-83-30-28-81-26-24-79-22-20-67-70-65/h17-18,38-39,45-46,56,59,66H,10-16,19-37,40-44H2,1-9H3,(H,69,74)/i2T. The van der Waals surface area contributed by atoms with Crippen molar-refractivity contribution in [1.82, 2.24) is 20.2 Å². The Morgan fingerprint density at radius 2 is 1.42 bits per heavy atom. The van der Waals surface area contributed by atoms with Crippen molar-refractivity contribution in [3.63, 3.8) is 0 Å². The predicted molar refractivity (Wildman–Crippen MR) is 341 cm³/mol. The summed E-state index contributed by atoms with van der Waals surface area (Å²) in [6.45, 7) is 23.9. The van der Waals surface area contributed by atoms with Crippen LogP contribution in [0.1, 0.15) is 117 Å². The molecule has 2 aliphatic rings. The largest absolute Gasteiger partial charge is 0.543 e. The lowest BCUT2D eigenvalue weighted by Gasteiger charge is -2.36. The van der Waals surface area contributed by atoms with Crippen LogP contribution in [0.5, 0.6) is 5.75 Å². The average Bonchev–Trinajstić information content (AvgIpc) is 1.54. The summed E-state index contributed by atoms with van der Waals surface area (Å²) in [7, 11) is -2.15. The highest BCUT2D eigenvalue weighted by Crippen LogP contribution is 2.41. The lowest BCUT2D eigenvalue weighted by atomic mass is 9.94. The smallest absolute Gasteiger partial charge is 0.509 e. The van der Waals surface area contributed by atoms with E-state index in [-0.39, 0.29) is 86.4 Å². The normalized spacial score (nSPS) is 14.5. The second-order valence-electron chi connectivity index (χ2n) is 23.9. The molecule has 0 aliphatic carbocycles. The molecule has 0 saturated carbocycles. The Balaban J connectivity index is 0.983. The summed E-state index contributed by atoms with van der Waals surface area (Å²) < 4.78 is 81.5. The van der Waals surface area contributed by atoms with Gasteiger partial charge in [-0.05, 0) is 98.2 Å². The van der Waals surface area contributed by atoms with E-state index in [0.29, 0.717) is 169 Å². The Morgan fingerprint density at radius 1 is 0.813 bits per heavy atom. The van der Waals surface area contributed by atoms with Crippen molar-refractivity contribution < 1.29 is 86.6 Å². The van der Waals surface area contributed by atoms with Crippen LogP contribution in [0.25, 0.3) is 32.7 Å². The van der Waals surface area contributed by atoms with Gasteiger partial charge in [-0.2, -0.15) is 0 Å². The minimum atomic E-state index is -2.15. The topological polar surface area (TPSA) is 313 Å². The number of hydrogen-bond acceptors (Lipinski definition) is 22. The van der Waals surface area contributed by atoms with Crippen molar-refractivity contribution in [2.24, 2.45) is 17.0 Å². The van der Waals surface area contributed by atoms with Crippen LogP contribution in [0, 0.1) is 11.8 Å². The van der Waals surface area contributed by atoms with Crippen LogP contribution >= 0.6 is 0 Å². The van der Waals surface area contributed by atoms with Crippen LogP contribution in [0.3, 0.4) is 0 Å². The molecule has 0 bridgehead atoms. The Labute approximate surface area is 537 Å². The number of nitrogens with zero attached hydrogens (tertiary/aromatic N) is 5. The van der Waals surface area contributed by atoms with Gasteiger partial charge in [-0.1, -0.05) is 60.0 Å². The molecule has 0 saturated heterocycles. The molecular weight excluding hydrogens is 1200 g/mol. The molecule has 2 aliphatic heterocycles. The minimum absolute atomic E-state index is 0.00617. The van der Waals surface area contributed by atoms with Crippen LogP contribution < -0.4 is 20.6 Å². The van der Waals surface area contributed by atoms with Gasteiger partial charge >= 0.3 is 12.1 Å². The molecule has 27 heteroatoms. The summed E-state index contributed by atoms with van der Waals surface area (Å²) in [5.41, 5.74) is 11.9. The fraction of sp³-hybridized carbons (Fsp3) is 0.703. The van der Waals surface area contributed by atoms with Crippen molar-refractivity contribution >= 4 is 48.8 Å². The maximum absolute atomic E-state index is 14.2. The number of nitrogens with one attached hydrogen (secondary N) is 2. The molecular formula is C64H99N7O19Si. The third-order valence-electron chi connectivity index (χ3n) is 15.7. The Bertz CT molecular complexity index is 2900. The lowest BCUT2D eigenvalue weighted by Crippen LogP contribution is -2.45. The first-order valence-electron chi connectivity index (χ1n) is 32.5. The minimum Gasteiger partial charge on any atom is -0.543 e. The van der Waals surface area contributed by atoms with E-state index in [0.717, 1.165) is 27.8 Å². The average molecular weight is 1300 g/mol. The molecule has 1 amide bonds. The molecule has 2 N–H and O–H groups in total. The molecule has 4 heterocycles. The van der Waals surface area contributed by atoms with E-state index in [1.807, 2.05) is 32.0 Å². The van der Waals surface area contributed by atoms with Gasteiger partial charge < -0.3 is 76.5 Å². The summed E-state index contributed by atoms with van der Waals surface area (Å²) in [6.07, 6.45) is -0.0418. The van der Waals surface area contributed by atoms with Gasteiger partial charge in [0.2, 0.25) is 20.3 Å². The number of carbonyl (C=O) groups excluding carboxylic acids is 5. The Hall–Kier alpha value is -5.94. The second-order valence-corrected chi connectivity index (χ2v) is 28.6. The fourth-order valence-corrected chi connectivity index (χ4v) is 10.7. The van der Waals surface area contributed by atoms with Crippen molar-refractivity contribution in [2.75, 3.05) is 145 Å². The van der Waals surface area contributed by atoms with Gasteiger partial charge in [0.05, 0.1) is 134 Å². The second kappa shape index (κ2) is 40.9. The van der Waals surface area contributed by atoms with Crippen molar-refractivity contribution in [2.45, 2.75) is 137 Å². The van der Waals surface area contributed by atoms with Gasteiger partial charge in [-0.3, -0.25) is 19.2 Å². The van der Waals surface area contributed by atoms with Gasteiger partial charge in [0.25, 0.3) is 5.56 Å². The number of aryl methyl sites for hydroxylation is 1. The SMILES string of the molecule is [3H]CCNCCCCC(CC(=O)COCC(=O)CCCOCCOCCOCCOCCOCCOCCOCCOCCN=[N+]=[N-])C(=O)NC(COC(=O)OC1C(=O)OCc2c1cc1n(c2=O)Cc2c-1nc1ccc(O[Si](C)(C)C(C)(C)C)cc1c2CC)C(C)C. The van der Waals surface area contributed by atoms with E-state index >= 15 is 0 Å². The molecule has 0 spiro atoms. The highest BCUT2D eigenvalue weighted by Gasteiger charge is 2.41. The van der Waals surface area contributed by atoms with Crippen molar-refractivity contribution in [1.29, 1.82) is 0 Å². The first-order chi connectivity index (χ1) is 44.3. The van der Waals surface area contributed by atoms with Gasteiger partial charge in [0, 0.05) is 54.7 Å². The zero-order chi connectivity index (χ0) is 66.7. The zero-order valence-electron chi connectivity index (χ0n) is 55.7. The van der Waals surface area contributed by atoms with Crippen LogP contribution in [0.2, 0.25) is 18.1 Å². The molecule has 5 rings (SSSR count). The molecule has 3 aromatic rings. The number of rotatable bonds is 49. The number of unbranched alkanes of at least 4 members (excludes halogenated alkanes) is 1. The van der Waals surface area contributed by atoms with Gasteiger partial charge in [0.15, 0.2) is 11.6 Å². The lowest BCUT2D eigenvalue weighted by molar-refractivity contribution is -0.159. The van der Waals surface area contributed by atoms with Gasteiger partial charge in [-0.25, -0.2) is 14.6 Å². The molecule has 0 radical (unpaired) electrons. The van der Waals surface area contributed by atoms with Gasteiger partial charge in [0.1, 0.15) is 32.2 Å². The number of Topliss-reactive ketones (excluding diaryl/α,β-unsaturated/α-hetero) is 2. The summed E-state index contributed by atoms with van der Waals surface area (Å²) in [5.74, 6) is -2.14. The number of hydrogen-bond donors (Lipinski definition) is 2. The number of pyridine rings is 2. The quantitative estimate of drug-likeness (QED) is 0.0106. The third-order valence-corrected chi connectivity index (χ3v) is 20.1. The number of amides is 1. The van der Waals surface area contributed by atoms with E-state index in [2.05, 4.69) is 61.4 Å². The van der Waals surface area contributed by atoms with Crippen LogP contribution in [0.4, 0.5) is 4.79 Å². The number of ketones is 2. The maximum atomic E-state index is 14.2. The van der Waals surface area contributed by atoms with E-state index < -0.39 is 50.0 Å². The van der Waals surface area contributed by atoms with E-state index in [9.17, 15) is 28.8 Å². The molecule has 2 aromatic heterocycles. The highest BCUT2D eigenvalue weighted by atomic mass is 28.4. The summed E-state index contributed by atoms with van der Waals surface area (Å²) in [4.78, 5) is 88.7. The third kappa shape index (κ3) is 25.8. The number of cyclic esters (lactones) is 1. The number of carbonyl (C=O) groups is 5. The number of aromatic nitrogens is 2. The van der Waals surface area contributed by atoms with Crippen LogP contribution in [-0.4, -0.2) is 199 Å². The summed E-state index contributed by atoms with van der Waals surface area (Å²) in [6, 6.07) is 6.81. The predicted octanol–water partition coefficient (Wildman–Crippen LogP) is 7.93. The number of ether oxygens (including phenoxy) is 12. The van der Waals surface area contributed by atoms with Crippen LogP contribution in [0.15, 0.2) is 34.2 Å². The molecule has 91 heavy (non-hydrogen) atoms. The summed E-state index contributed by atoms with van der Waals surface area (Å²) >= 11 is 0. The van der Waals surface area contributed by atoms with E-state index in [1.165, 1.54) is 0 Å². The summed E-state index contributed by atoms with van der Waals surface area (Å²) in [5, 5.41) is 10.4. The Kier molecular flexibility index (Phi) is 33.3. The first kappa shape index (κ1) is 74.1. The maximum Gasteiger partial charge on any atom is 0.509 e. The van der Waals surface area contributed by atoms with Crippen molar-refractivity contribution in [3.8, 4) is 17.1 Å². The molecule has 26 nitrogen and oxygen atoms in total. The molecule has 0 fully saturated rings. The number of azide groups is 1.